The molecule has 0 aliphatic carbocycles. The number of carbonyl (C=O) groups excluding carboxylic acids is 1. The number of hydrogen-bond donors (Lipinski definition) is 1. The number of fused-ring (bicyclic) bond motifs is 1. The van der Waals surface area contributed by atoms with Crippen LogP contribution in [0.25, 0.3) is 11.4 Å². The molecule has 0 saturated carbocycles. The Balaban J connectivity index is 1.30. The molecule has 0 bridgehead atoms. The van der Waals surface area contributed by atoms with E-state index < -0.39 is 0 Å². The monoisotopic (exact) mass is 468 g/mol. The first-order valence-electron chi connectivity index (χ1n) is 11.1. The van der Waals surface area contributed by atoms with Gasteiger partial charge in [-0.1, -0.05) is 30.0 Å². The number of rotatable bonds is 7. The number of para-hydroxylation sites is 1. The number of ether oxygens (including phenoxy) is 2. The summed E-state index contributed by atoms with van der Waals surface area (Å²) in [7, 11) is 0. The molecule has 5 rings (SSSR count). The fourth-order valence-electron chi connectivity index (χ4n) is 4.22. The van der Waals surface area contributed by atoms with E-state index in [1.54, 1.807) is 12.1 Å². The van der Waals surface area contributed by atoms with Crippen molar-refractivity contribution in [1.29, 1.82) is 0 Å². The molecule has 3 aromatic rings. The first kappa shape index (κ1) is 21.9. The largest absolute Gasteiger partial charge is 0.493 e. The van der Waals surface area contributed by atoms with E-state index >= 15 is 0 Å². The van der Waals surface area contributed by atoms with Crippen molar-refractivity contribution < 1.29 is 18.7 Å². The summed E-state index contributed by atoms with van der Waals surface area (Å²) >= 11 is 1.34. The van der Waals surface area contributed by atoms with E-state index in [4.69, 9.17) is 9.47 Å². The third kappa shape index (κ3) is 5.04. The van der Waals surface area contributed by atoms with Crippen LogP contribution in [-0.4, -0.2) is 45.7 Å². The van der Waals surface area contributed by atoms with E-state index in [1.165, 1.54) is 23.9 Å². The van der Waals surface area contributed by atoms with Crippen molar-refractivity contribution >= 4 is 17.7 Å². The minimum absolute atomic E-state index is 0.0671. The number of benzene rings is 2. The summed E-state index contributed by atoms with van der Waals surface area (Å²) in [6, 6.07) is 13.9. The van der Waals surface area contributed by atoms with Gasteiger partial charge in [-0.05, 0) is 43.2 Å². The fraction of sp³-hybridized carbons (Fsp3) is 0.375. The number of amides is 1. The second-order valence-electron chi connectivity index (χ2n) is 8.14. The smallest absolute Gasteiger partial charge is 0.230 e. The van der Waals surface area contributed by atoms with Crippen molar-refractivity contribution in [2.24, 2.45) is 0 Å². The van der Waals surface area contributed by atoms with Crippen LogP contribution in [-0.2, 0) is 16.1 Å². The molecule has 2 aromatic carbocycles. The molecular formula is C24H25FN4O3S. The lowest BCUT2D eigenvalue weighted by molar-refractivity contribution is -0.119. The van der Waals surface area contributed by atoms with Crippen molar-refractivity contribution in [2.45, 2.75) is 43.1 Å². The maximum Gasteiger partial charge on any atom is 0.230 e. The molecule has 1 N–H and O–H groups in total. The minimum atomic E-state index is -0.301. The van der Waals surface area contributed by atoms with Crippen LogP contribution >= 0.6 is 11.8 Å². The molecule has 1 saturated heterocycles. The van der Waals surface area contributed by atoms with Crippen molar-refractivity contribution in [2.75, 3.05) is 19.0 Å². The van der Waals surface area contributed by atoms with Gasteiger partial charge in [-0.15, -0.1) is 10.2 Å². The van der Waals surface area contributed by atoms with Crippen LogP contribution in [0.15, 0.2) is 53.7 Å². The van der Waals surface area contributed by atoms with Crippen LogP contribution in [0.3, 0.4) is 0 Å². The second kappa shape index (κ2) is 9.93. The summed E-state index contributed by atoms with van der Waals surface area (Å²) in [4.78, 5) is 12.8. The molecule has 0 radical (unpaired) electrons. The van der Waals surface area contributed by atoms with E-state index in [9.17, 15) is 9.18 Å². The summed E-state index contributed by atoms with van der Waals surface area (Å²) in [6.45, 7) is 1.92. The molecule has 2 atom stereocenters. The molecular weight excluding hydrogens is 443 g/mol. The molecule has 0 unspecified atom stereocenters. The zero-order valence-corrected chi connectivity index (χ0v) is 18.9. The molecule has 2 aliphatic heterocycles. The number of nitrogens with one attached hydrogen (secondary N) is 1. The van der Waals surface area contributed by atoms with Crippen LogP contribution < -0.4 is 10.1 Å². The lowest BCUT2D eigenvalue weighted by Crippen LogP contribution is -2.33. The number of aromatic nitrogens is 3. The van der Waals surface area contributed by atoms with Gasteiger partial charge in [-0.3, -0.25) is 9.36 Å². The first-order valence-corrected chi connectivity index (χ1v) is 12.1. The molecule has 33 heavy (non-hydrogen) atoms. The van der Waals surface area contributed by atoms with Crippen molar-refractivity contribution in [1.82, 2.24) is 20.1 Å². The Labute approximate surface area is 195 Å². The predicted octanol–water partition coefficient (Wildman–Crippen LogP) is 4.00. The average molecular weight is 469 g/mol. The fourth-order valence-corrected chi connectivity index (χ4v) is 4.98. The van der Waals surface area contributed by atoms with Crippen LogP contribution in [0.1, 0.15) is 30.9 Å². The first-order chi connectivity index (χ1) is 16.2. The molecule has 1 fully saturated rings. The van der Waals surface area contributed by atoms with Gasteiger partial charge in [0.05, 0.1) is 31.1 Å². The average Bonchev–Trinajstić information content (AvgIpc) is 3.49. The maximum atomic E-state index is 13.4. The number of nitrogens with zero attached hydrogens (tertiary/aromatic N) is 3. The van der Waals surface area contributed by atoms with Gasteiger partial charge < -0.3 is 14.8 Å². The molecule has 172 valence electrons. The lowest BCUT2D eigenvalue weighted by Gasteiger charge is -2.26. The van der Waals surface area contributed by atoms with E-state index in [2.05, 4.69) is 15.5 Å². The number of halogens is 1. The van der Waals surface area contributed by atoms with Crippen LogP contribution in [0, 0.1) is 5.82 Å². The lowest BCUT2D eigenvalue weighted by atomic mass is 10.0. The van der Waals surface area contributed by atoms with Gasteiger partial charge in [-0.2, -0.15) is 0 Å². The van der Waals surface area contributed by atoms with Crippen LogP contribution in [0.2, 0.25) is 0 Å². The summed E-state index contributed by atoms with van der Waals surface area (Å²) < 4.78 is 26.9. The SMILES string of the molecule is O=C(CSc1nnc(-c2ccc(F)cc2)n1C[C@@H]1CCCO1)N[C@@H]1CCOc2ccccc21. The summed E-state index contributed by atoms with van der Waals surface area (Å²) in [5.41, 5.74) is 1.78. The normalized spacial score (nSPS) is 19.7. The van der Waals surface area contributed by atoms with Gasteiger partial charge in [0.25, 0.3) is 0 Å². The Morgan fingerprint density at radius 2 is 1.97 bits per heavy atom. The third-order valence-corrected chi connectivity index (χ3v) is 6.82. The van der Waals surface area contributed by atoms with Gasteiger partial charge in [-0.25, -0.2) is 4.39 Å². The van der Waals surface area contributed by atoms with Gasteiger partial charge in [0.1, 0.15) is 11.6 Å². The Bertz CT molecular complexity index is 1120. The summed E-state index contributed by atoms with van der Waals surface area (Å²) in [5.74, 6) is 1.31. The molecule has 2 aliphatic rings. The van der Waals surface area contributed by atoms with Crippen LogP contribution in [0.5, 0.6) is 5.75 Å². The minimum Gasteiger partial charge on any atom is -0.493 e. The van der Waals surface area contributed by atoms with Gasteiger partial charge in [0.15, 0.2) is 11.0 Å². The molecule has 1 aromatic heterocycles. The number of carbonyl (C=O) groups is 1. The highest BCUT2D eigenvalue weighted by Gasteiger charge is 2.25. The highest BCUT2D eigenvalue weighted by Crippen LogP contribution is 2.32. The molecule has 0 spiro atoms. The topological polar surface area (TPSA) is 78.3 Å². The van der Waals surface area contributed by atoms with E-state index in [0.717, 1.165) is 42.7 Å². The third-order valence-electron chi connectivity index (χ3n) is 5.86. The van der Waals surface area contributed by atoms with Gasteiger partial charge in [0, 0.05) is 24.2 Å². The maximum absolute atomic E-state index is 13.4. The Morgan fingerprint density at radius 1 is 1.12 bits per heavy atom. The zero-order valence-electron chi connectivity index (χ0n) is 18.1. The molecule has 9 heteroatoms. The number of hydrogen-bond acceptors (Lipinski definition) is 6. The molecule has 7 nitrogen and oxygen atoms in total. The number of thioether (sulfide) groups is 1. The van der Waals surface area contributed by atoms with Gasteiger partial charge >= 0.3 is 0 Å². The quantitative estimate of drug-likeness (QED) is 0.528. The standard InChI is InChI=1S/C24H25FN4O3S/c25-17-9-7-16(8-10-17)23-27-28-24(29(23)14-18-4-3-12-31-18)33-15-22(30)26-20-11-13-32-21-6-2-1-5-19(20)21/h1-2,5-10,18,20H,3-4,11-15H2,(H,26,30)/t18-,20+/m0/s1. The Morgan fingerprint density at radius 3 is 2.79 bits per heavy atom. The molecule has 3 heterocycles. The second-order valence-corrected chi connectivity index (χ2v) is 9.08. The van der Waals surface area contributed by atoms with Crippen molar-refractivity contribution in [3.8, 4) is 17.1 Å². The highest BCUT2D eigenvalue weighted by molar-refractivity contribution is 7.99. The Hall–Kier alpha value is -2.91. The summed E-state index contributed by atoms with van der Waals surface area (Å²) in [6.07, 6.45) is 2.80. The van der Waals surface area contributed by atoms with E-state index in [1.807, 2.05) is 28.8 Å². The van der Waals surface area contributed by atoms with E-state index in [0.29, 0.717) is 24.1 Å². The van der Waals surface area contributed by atoms with Crippen molar-refractivity contribution in [3.05, 3.63) is 59.9 Å². The predicted molar refractivity (Wildman–Crippen MR) is 123 cm³/mol. The Kier molecular flexibility index (Phi) is 6.59. The molecule has 1 amide bonds. The van der Waals surface area contributed by atoms with Gasteiger partial charge in [0.2, 0.25) is 5.91 Å². The highest BCUT2D eigenvalue weighted by atomic mass is 32.2. The van der Waals surface area contributed by atoms with Crippen LogP contribution in [0.4, 0.5) is 4.39 Å². The van der Waals surface area contributed by atoms with E-state index in [-0.39, 0.29) is 29.6 Å². The zero-order chi connectivity index (χ0) is 22.6. The summed E-state index contributed by atoms with van der Waals surface area (Å²) in [5, 5.41) is 12.5. The van der Waals surface area contributed by atoms with Crippen molar-refractivity contribution in [3.63, 3.8) is 0 Å².